The Hall–Kier alpha value is -2.28. The van der Waals surface area contributed by atoms with Crippen LogP contribution in [0.3, 0.4) is 0 Å². The first-order chi connectivity index (χ1) is 9.69. The van der Waals surface area contributed by atoms with E-state index < -0.39 is 0 Å². The number of hydrogen-bond donors (Lipinski definition) is 2. The van der Waals surface area contributed by atoms with Crippen molar-refractivity contribution in [3.05, 3.63) is 47.5 Å². The summed E-state index contributed by atoms with van der Waals surface area (Å²) >= 11 is 0. The molecular weight excluding hydrogens is 261 g/mol. The molecule has 3 N–H and O–H groups in total. The maximum Gasteiger partial charge on any atom is 0.242 e. The number of hydrogen-bond acceptors (Lipinski definition) is 4. The molecule has 0 aliphatic carbocycles. The van der Waals surface area contributed by atoms with Crippen LogP contribution in [-0.2, 0) is 24.3 Å². The highest BCUT2D eigenvalue weighted by Crippen LogP contribution is 2.05. The van der Waals surface area contributed by atoms with Crippen molar-refractivity contribution < 1.29 is 9.18 Å². The lowest BCUT2D eigenvalue weighted by molar-refractivity contribution is -0.122. The van der Waals surface area contributed by atoms with E-state index >= 15 is 0 Å². The summed E-state index contributed by atoms with van der Waals surface area (Å²) in [7, 11) is 0. The Kier molecular flexibility index (Phi) is 4.78. The van der Waals surface area contributed by atoms with Crippen molar-refractivity contribution in [2.75, 3.05) is 6.54 Å². The van der Waals surface area contributed by atoms with E-state index in [9.17, 15) is 9.18 Å². The Bertz CT molecular complexity index is 584. The number of rotatable bonds is 6. The Morgan fingerprint density at radius 2 is 2.20 bits per heavy atom. The molecule has 106 valence electrons. The van der Waals surface area contributed by atoms with Crippen LogP contribution in [0.4, 0.5) is 4.39 Å². The highest BCUT2D eigenvalue weighted by atomic mass is 19.1. The number of nitrogens with zero attached hydrogens (tertiary/aromatic N) is 3. The van der Waals surface area contributed by atoms with Crippen molar-refractivity contribution in [1.82, 2.24) is 20.3 Å². The van der Waals surface area contributed by atoms with Crippen molar-refractivity contribution >= 4 is 5.91 Å². The second-order valence-corrected chi connectivity index (χ2v) is 4.31. The van der Waals surface area contributed by atoms with Crippen LogP contribution in [0.25, 0.3) is 0 Å². The summed E-state index contributed by atoms with van der Waals surface area (Å²) in [5, 5.41) is 10.3. The van der Waals surface area contributed by atoms with E-state index in [2.05, 4.69) is 15.6 Å². The predicted molar refractivity (Wildman–Crippen MR) is 71.0 cm³/mol. The van der Waals surface area contributed by atoms with Crippen LogP contribution in [0.1, 0.15) is 11.3 Å². The molecule has 1 heterocycles. The first-order valence-electron chi connectivity index (χ1n) is 6.28. The third-order valence-electron chi connectivity index (χ3n) is 2.73. The monoisotopic (exact) mass is 277 g/mol. The van der Waals surface area contributed by atoms with Gasteiger partial charge in [0.1, 0.15) is 12.4 Å². The summed E-state index contributed by atoms with van der Waals surface area (Å²) in [6, 6.07) is 6.32. The maximum atomic E-state index is 13.4. The summed E-state index contributed by atoms with van der Waals surface area (Å²) in [4.78, 5) is 11.7. The molecule has 2 rings (SSSR count). The van der Waals surface area contributed by atoms with Gasteiger partial charge in [-0.15, -0.1) is 5.10 Å². The molecule has 20 heavy (non-hydrogen) atoms. The minimum Gasteiger partial charge on any atom is -0.350 e. The topological polar surface area (TPSA) is 85.8 Å². The number of benzene rings is 1. The van der Waals surface area contributed by atoms with Gasteiger partial charge in [-0.25, -0.2) is 9.07 Å². The Labute approximate surface area is 115 Å². The molecule has 7 heteroatoms. The number of amides is 1. The van der Waals surface area contributed by atoms with Crippen molar-refractivity contribution in [2.45, 2.75) is 19.5 Å². The fourth-order valence-corrected chi connectivity index (χ4v) is 1.72. The highest BCUT2D eigenvalue weighted by Gasteiger charge is 2.07. The summed E-state index contributed by atoms with van der Waals surface area (Å²) in [5.74, 6) is -0.587. The van der Waals surface area contributed by atoms with Crippen LogP contribution in [0, 0.1) is 5.82 Å². The van der Waals surface area contributed by atoms with Crippen LogP contribution in [-0.4, -0.2) is 27.4 Å². The summed E-state index contributed by atoms with van der Waals surface area (Å²) in [6.45, 7) is 0.681. The van der Waals surface area contributed by atoms with Gasteiger partial charge in [0.2, 0.25) is 5.91 Å². The van der Waals surface area contributed by atoms with E-state index in [-0.39, 0.29) is 24.8 Å². The van der Waals surface area contributed by atoms with Gasteiger partial charge in [0.25, 0.3) is 0 Å². The molecule has 0 radical (unpaired) electrons. The zero-order valence-corrected chi connectivity index (χ0v) is 10.9. The molecule has 0 aliphatic rings. The lowest BCUT2D eigenvalue weighted by atomic mass is 10.2. The first-order valence-corrected chi connectivity index (χ1v) is 6.28. The summed E-state index contributed by atoms with van der Waals surface area (Å²) in [6.07, 6.45) is 2.30. The SMILES string of the molecule is NCCc1cn(CC(=O)NCc2ccccc2F)nn1. The first kappa shape index (κ1) is 14.1. The number of carbonyl (C=O) groups excluding carboxylic acids is 1. The van der Waals surface area contributed by atoms with Gasteiger partial charge in [-0.1, -0.05) is 23.4 Å². The number of aromatic nitrogens is 3. The largest absolute Gasteiger partial charge is 0.350 e. The van der Waals surface area contributed by atoms with Crippen LogP contribution in [0.5, 0.6) is 0 Å². The summed E-state index contributed by atoms with van der Waals surface area (Å²) in [5.41, 5.74) is 6.60. The Morgan fingerprint density at radius 1 is 1.40 bits per heavy atom. The molecule has 1 aromatic carbocycles. The fraction of sp³-hybridized carbons (Fsp3) is 0.308. The van der Waals surface area contributed by atoms with Crippen molar-refractivity contribution in [3.8, 4) is 0 Å². The van der Waals surface area contributed by atoms with E-state index in [1.165, 1.54) is 10.7 Å². The molecule has 2 aromatic rings. The van der Waals surface area contributed by atoms with Gasteiger partial charge >= 0.3 is 0 Å². The van der Waals surface area contributed by atoms with E-state index in [1.54, 1.807) is 24.4 Å². The number of nitrogens with one attached hydrogen (secondary N) is 1. The van der Waals surface area contributed by atoms with Crippen LogP contribution in [0.15, 0.2) is 30.5 Å². The van der Waals surface area contributed by atoms with Gasteiger partial charge in [0, 0.05) is 24.7 Å². The van der Waals surface area contributed by atoms with E-state index in [4.69, 9.17) is 5.73 Å². The van der Waals surface area contributed by atoms with Gasteiger partial charge in [0.05, 0.1) is 5.69 Å². The second-order valence-electron chi connectivity index (χ2n) is 4.31. The van der Waals surface area contributed by atoms with Crippen LogP contribution >= 0.6 is 0 Å². The standard InChI is InChI=1S/C13H16FN5O/c14-12-4-2-1-3-10(12)7-16-13(20)9-19-8-11(5-6-15)17-18-19/h1-4,8H,5-7,9,15H2,(H,16,20). The van der Waals surface area contributed by atoms with Crippen LogP contribution in [0.2, 0.25) is 0 Å². The fourth-order valence-electron chi connectivity index (χ4n) is 1.72. The smallest absolute Gasteiger partial charge is 0.242 e. The average Bonchev–Trinajstić information content (AvgIpc) is 2.85. The van der Waals surface area contributed by atoms with E-state index in [0.29, 0.717) is 18.5 Å². The molecule has 0 saturated heterocycles. The third-order valence-corrected chi connectivity index (χ3v) is 2.73. The Morgan fingerprint density at radius 3 is 2.95 bits per heavy atom. The molecule has 1 amide bonds. The van der Waals surface area contributed by atoms with Crippen molar-refractivity contribution in [1.29, 1.82) is 0 Å². The number of carbonyl (C=O) groups is 1. The van der Waals surface area contributed by atoms with Gasteiger partial charge in [-0.05, 0) is 12.6 Å². The lowest BCUT2D eigenvalue weighted by Crippen LogP contribution is -2.27. The molecule has 0 saturated carbocycles. The number of halogens is 1. The summed E-state index contributed by atoms with van der Waals surface area (Å²) < 4.78 is 14.8. The molecular formula is C13H16FN5O. The molecule has 6 nitrogen and oxygen atoms in total. The molecule has 0 unspecified atom stereocenters. The van der Waals surface area contributed by atoms with Gasteiger partial charge in [-0.2, -0.15) is 0 Å². The average molecular weight is 277 g/mol. The third kappa shape index (κ3) is 3.86. The minimum atomic E-state index is -0.334. The molecule has 0 spiro atoms. The molecule has 0 fully saturated rings. The van der Waals surface area contributed by atoms with Gasteiger partial charge < -0.3 is 11.1 Å². The molecule has 1 aromatic heterocycles. The Balaban J connectivity index is 1.84. The zero-order chi connectivity index (χ0) is 14.4. The van der Waals surface area contributed by atoms with E-state index in [1.807, 2.05) is 0 Å². The quantitative estimate of drug-likeness (QED) is 0.791. The van der Waals surface area contributed by atoms with Crippen molar-refractivity contribution in [2.24, 2.45) is 5.73 Å². The number of nitrogens with two attached hydrogens (primary N) is 1. The van der Waals surface area contributed by atoms with Crippen molar-refractivity contribution in [3.63, 3.8) is 0 Å². The van der Waals surface area contributed by atoms with Gasteiger partial charge in [-0.3, -0.25) is 4.79 Å². The second kappa shape index (κ2) is 6.76. The molecule has 0 aliphatic heterocycles. The highest BCUT2D eigenvalue weighted by molar-refractivity contribution is 5.75. The molecule has 0 atom stereocenters. The normalized spacial score (nSPS) is 10.5. The lowest BCUT2D eigenvalue weighted by Gasteiger charge is -2.05. The van der Waals surface area contributed by atoms with Gasteiger partial charge in [0.15, 0.2) is 0 Å². The van der Waals surface area contributed by atoms with Crippen LogP contribution < -0.4 is 11.1 Å². The maximum absolute atomic E-state index is 13.4. The molecule has 0 bridgehead atoms. The minimum absolute atomic E-state index is 0.0476. The van der Waals surface area contributed by atoms with E-state index in [0.717, 1.165) is 5.69 Å². The zero-order valence-electron chi connectivity index (χ0n) is 10.9. The predicted octanol–water partition coefficient (Wildman–Crippen LogP) is 0.235.